The lowest BCUT2D eigenvalue weighted by atomic mass is 9.87. The van der Waals surface area contributed by atoms with Gasteiger partial charge in [-0.1, -0.05) is 57.2 Å². The summed E-state index contributed by atoms with van der Waals surface area (Å²) in [7, 11) is 0. The summed E-state index contributed by atoms with van der Waals surface area (Å²) in [6.45, 7) is 7.66. The van der Waals surface area contributed by atoms with E-state index in [4.69, 9.17) is 4.74 Å². The molecule has 1 atom stereocenters. The quantitative estimate of drug-likeness (QED) is 0.931. The van der Waals surface area contributed by atoms with Crippen molar-refractivity contribution in [1.29, 1.82) is 0 Å². The molecule has 0 fully saturated rings. The first-order chi connectivity index (χ1) is 11.4. The number of benzene rings is 2. The van der Waals surface area contributed by atoms with Gasteiger partial charge in [-0.3, -0.25) is 4.79 Å². The minimum Gasteiger partial charge on any atom is -0.371 e. The number of carbonyl (C=O) groups excluding carboxylic acids is 1. The van der Waals surface area contributed by atoms with Crippen LogP contribution in [-0.2, 0) is 23.2 Å². The highest BCUT2D eigenvalue weighted by Crippen LogP contribution is 2.22. The lowest BCUT2D eigenvalue weighted by molar-refractivity contribution is 0.0285. The number of ether oxygens (including phenoxy) is 1. The molecule has 0 saturated carbocycles. The minimum atomic E-state index is -0.0436. The molecular formula is C21H25NO2. The van der Waals surface area contributed by atoms with Crippen LogP contribution in [0.15, 0.2) is 48.5 Å². The van der Waals surface area contributed by atoms with Gasteiger partial charge in [0.05, 0.1) is 12.7 Å². The van der Waals surface area contributed by atoms with Crippen LogP contribution in [0.4, 0.5) is 0 Å². The van der Waals surface area contributed by atoms with Gasteiger partial charge in [-0.25, -0.2) is 0 Å². The van der Waals surface area contributed by atoms with Crippen molar-refractivity contribution >= 4 is 5.91 Å². The lowest BCUT2D eigenvalue weighted by Gasteiger charge is -2.25. The average molecular weight is 323 g/mol. The van der Waals surface area contributed by atoms with Gasteiger partial charge in [0.1, 0.15) is 0 Å². The van der Waals surface area contributed by atoms with Gasteiger partial charge >= 0.3 is 0 Å². The molecule has 1 aliphatic rings. The molecule has 2 aromatic carbocycles. The predicted molar refractivity (Wildman–Crippen MR) is 96.2 cm³/mol. The Morgan fingerprint density at radius 2 is 1.75 bits per heavy atom. The summed E-state index contributed by atoms with van der Waals surface area (Å²) < 4.78 is 5.84. The molecule has 0 saturated heterocycles. The average Bonchev–Trinajstić information content (AvgIpc) is 2.59. The molecule has 1 N–H and O–H groups in total. The molecule has 1 aliphatic heterocycles. The molecule has 0 radical (unpaired) electrons. The zero-order chi connectivity index (χ0) is 17.2. The Bertz CT molecular complexity index is 713. The van der Waals surface area contributed by atoms with E-state index in [1.54, 1.807) is 0 Å². The van der Waals surface area contributed by atoms with E-state index >= 15 is 0 Å². The standard InChI is InChI=1S/C21H25NO2/c1-21(2,3)18-10-8-15(9-11-18)20(23)22-13-19-12-16-6-4-5-7-17(16)14-24-19/h4-11,19H,12-14H2,1-3H3,(H,22,23). The molecule has 2 aromatic rings. The zero-order valence-corrected chi connectivity index (χ0v) is 14.6. The number of carbonyl (C=O) groups is 1. The van der Waals surface area contributed by atoms with Gasteiger partial charge in [0.2, 0.25) is 0 Å². The van der Waals surface area contributed by atoms with E-state index in [2.05, 4.69) is 44.3 Å². The maximum Gasteiger partial charge on any atom is 0.251 e. The molecule has 24 heavy (non-hydrogen) atoms. The molecule has 3 nitrogen and oxygen atoms in total. The summed E-state index contributed by atoms with van der Waals surface area (Å²) in [6, 6.07) is 16.2. The molecule has 0 bridgehead atoms. The molecule has 3 heteroatoms. The van der Waals surface area contributed by atoms with Gasteiger partial charge in [-0.15, -0.1) is 0 Å². The summed E-state index contributed by atoms with van der Waals surface area (Å²) in [5.41, 5.74) is 4.58. The summed E-state index contributed by atoms with van der Waals surface area (Å²) in [4.78, 5) is 12.3. The van der Waals surface area contributed by atoms with Crippen LogP contribution in [0, 0.1) is 0 Å². The van der Waals surface area contributed by atoms with Crippen molar-refractivity contribution in [3.05, 3.63) is 70.8 Å². The molecule has 1 unspecified atom stereocenters. The van der Waals surface area contributed by atoms with Gasteiger partial charge in [0, 0.05) is 18.5 Å². The maximum absolute atomic E-state index is 12.3. The Morgan fingerprint density at radius 1 is 1.08 bits per heavy atom. The molecule has 1 amide bonds. The Labute approximate surface area is 144 Å². The predicted octanol–water partition coefficient (Wildman–Crippen LogP) is 3.86. The number of amides is 1. The number of fused-ring (bicyclic) bond motifs is 1. The largest absolute Gasteiger partial charge is 0.371 e. The topological polar surface area (TPSA) is 38.3 Å². The summed E-state index contributed by atoms with van der Waals surface area (Å²) in [6.07, 6.45) is 0.886. The first-order valence-corrected chi connectivity index (χ1v) is 8.50. The van der Waals surface area contributed by atoms with E-state index < -0.39 is 0 Å². The van der Waals surface area contributed by atoms with E-state index in [0.29, 0.717) is 18.7 Å². The molecule has 0 aromatic heterocycles. The molecule has 126 valence electrons. The first-order valence-electron chi connectivity index (χ1n) is 8.50. The van der Waals surface area contributed by atoms with E-state index in [1.165, 1.54) is 16.7 Å². The van der Waals surface area contributed by atoms with Crippen LogP contribution in [0.3, 0.4) is 0 Å². The smallest absolute Gasteiger partial charge is 0.251 e. The minimum absolute atomic E-state index is 0.0395. The second-order valence-corrected chi connectivity index (χ2v) is 7.44. The summed E-state index contributed by atoms with van der Waals surface area (Å²) in [5.74, 6) is -0.0436. The highest BCUT2D eigenvalue weighted by molar-refractivity contribution is 5.94. The SMILES string of the molecule is CC(C)(C)c1ccc(C(=O)NCC2Cc3ccccc3CO2)cc1. The van der Waals surface area contributed by atoms with E-state index in [1.807, 2.05) is 30.3 Å². The fourth-order valence-corrected chi connectivity index (χ4v) is 2.97. The first kappa shape index (κ1) is 16.7. The van der Waals surface area contributed by atoms with Crippen molar-refractivity contribution in [2.75, 3.05) is 6.54 Å². The van der Waals surface area contributed by atoms with Crippen LogP contribution in [0.25, 0.3) is 0 Å². The highest BCUT2D eigenvalue weighted by atomic mass is 16.5. The van der Waals surface area contributed by atoms with Gasteiger partial charge in [-0.2, -0.15) is 0 Å². The Hall–Kier alpha value is -2.13. The number of hydrogen-bond donors (Lipinski definition) is 1. The fraction of sp³-hybridized carbons (Fsp3) is 0.381. The van der Waals surface area contributed by atoms with E-state index in [9.17, 15) is 4.79 Å². The molecule has 1 heterocycles. The summed E-state index contributed by atoms with van der Waals surface area (Å²) in [5, 5.41) is 2.99. The molecule has 0 aliphatic carbocycles. The summed E-state index contributed by atoms with van der Waals surface area (Å²) >= 11 is 0. The third kappa shape index (κ3) is 3.85. The zero-order valence-electron chi connectivity index (χ0n) is 14.6. The van der Waals surface area contributed by atoms with Crippen LogP contribution in [0.1, 0.15) is 47.8 Å². The van der Waals surface area contributed by atoms with Crippen molar-refractivity contribution in [1.82, 2.24) is 5.32 Å². The lowest BCUT2D eigenvalue weighted by Crippen LogP contribution is -2.36. The van der Waals surface area contributed by atoms with E-state index in [0.717, 1.165) is 6.42 Å². The Kier molecular flexibility index (Phi) is 4.72. The van der Waals surface area contributed by atoms with Crippen molar-refractivity contribution in [2.24, 2.45) is 0 Å². The monoisotopic (exact) mass is 323 g/mol. The van der Waals surface area contributed by atoms with E-state index in [-0.39, 0.29) is 17.4 Å². The van der Waals surface area contributed by atoms with Crippen molar-refractivity contribution in [3.63, 3.8) is 0 Å². The van der Waals surface area contributed by atoms with Gasteiger partial charge in [-0.05, 0) is 34.2 Å². The fourth-order valence-electron chi connectivity index (χ4n) is 2.97. The van der Waals surface area contributed by atoms with Crippen molar-refractivity contribution < 1.29 is 9.53 Å². The Morgan fingerprint density at radius 3 is 2.42 bits per heavy atom. The number of hydrogen-bond acceptors (Lipinski definition) is 2. The number of rotatable bonds is 3. The van der Waals surface area contributed by atoms with Crippen molar-refractivity contribution in [2.45, 2.75) is 45.3 Å². The molecule has 3 rings (SSSR count). The van der Waals surface area contributed by atoms with Gasteiger partial charge in [0.15, 0.2) is 0 Å². The third-order valence-electron chi connectivity index (χ3n) is 4.54. The van der Waals surface area contributed by atoms with Crippen LogP contribution in [0.5, 0.6) is 0 Å². The second kappa shape index (κ2) is 6.78. The van der Waals surface area contributed by atoms with Crippen molar-refractivity contribution in [3.8, 4) is 0 Å². The molecular weight excluding hydrogens is 298 g/mol. The molecule has 0 spiro atoms. The highest BCUT2D eigenvalue weighted by Gasteiger charge is 2.20. The second-order valence-electron chi connectivity index (χ2n) is 7.44. The Balaban J connectivity index is 1.56. The van der Waals surface area contributed by atoms with Gasteiger partial charge in [0.25, 0.3) is 5.91 Å². The number of nitrogens with one attached hydrogen (secondary N) is 1. The van der Waals surface area contributed by atoms with Crippen LogP contribution < -0.4 is 5.32 Å². The van der Waals surface area contributed by atoms with Gasteiger partial charge < -0.3 is 10.1 Å². The maximum atomic E-state index is 12.3. The van der Waals surface area contributed by atoms with Crippen LogP contribution in [-0.4, -0.2) is 18.6 Å². The van der Waals surface area contributed by atoms with Crippen LogP contribution >= 0.6 is 0 Å². The van der Waals surface area contributed by atoms with Crippen LogP contribution in [0.2, 0.25) is 0 Å². The normalized spacial score (nSPS) is 17.2. The third-order valence-corrected chi connectivity index (χ3v) is 4.54.